The van der Waals surface area contributed by atoms with Gasteiger partial charge in [-0.25, -0.2) is 0 Å². The zero-order valence-electron chi connectivity index (χ0n) is 12.9. The van der Waals surface area contributed by atoms with Crippen molar-refractivity contribution in [2.45, 2.75) is 6.54 Å². The third-order valence-corrected chi connectivity index (χ3v) is 3.68. The van der Waals surface area contributed by atoms with E-state index in [1.807, 2.05) is 12.1 Å². The van der Waals surface area contributed by atoms with Crippen molar-refractivity contribution in [3.05, 3.63) is 76.2 Å². The van der Waals surface area contributed by atoms with Crippen LogP contribution in [-0.4, -0.2) is 21.1 Å². The topological polar surface area (TPSA) is 79.8 Å². The molecule has 0 unspecified atom stereocenters. The lowest BCUT2D eigenvalue weighted by atomic mass is 10.2. The van der Waals surface area contributed by atoms with E-state index < -0.39 is 5.91 Å². The second kappa shape index (κ2) is 7.92. The summed E-state index contributed by atoms with van der Waals surface area (Å²) in [5, 5.41) is 14.6. The highest BCUT2D eigenvalue weighted by molar-refractivity contribution is 6.35. The lowest BCUT2D eigenvalue weighted by Crippen LogP contribution is -2.15. The average Bonchev–Trinajstić information content (AvgIpc) is 2.60. The molecule has 2 N–H and O–H groups in total. The standard InChI is InChI=1S/C17H13Cl2N5O/c18-12-7-13(19)9-14(8-12)22-17(25)15-1-2-16(24-23-15)21-10-11-3-5-20-6-4-11/h1-9H,10H2,(H,21,24)(H,22,25). The van der Waals surface area contributed by atoms with Gasteiger partial charge in [-0.2, -0.15) is 0 Å². The molecule has 25 heavy (non-hydrogen) atoms. The number of aromatic nitrogens is 3. The van der Waals surface area contributed by atoms with Crippen LogP contribution in [0.1, 0.15) is 16.1 Å². The van der Waals surface area contributed by atoms with Crippen LogP contribution in [0.2, 0.25) is 10.0 Å². The molecule has 0 aliphatic carbocycles. The second-order valence-corrected chi connectivity index (χ2v) is 6.00. The highest BCUT2D eigenvalue weighted by atomic mass is 35.5. The zero-order valence-corrected chi connectivity index (χ0v) is 14.4. The fourth-order valence-electron chi connectivity index (χ4n) is 2.06. The minimum absolute atomic E-state index is 0.186. The molecule has 0 aliphatic rings. The molecule has 1 aromatic carbocycles. The molecule has 0 aliphatic heterocycles. The number of pyridine rings is 1. The van der Waals surface area contributed by atoms with E-state index in [0.717, 1.165) is 5.56 Å². The van der Waals surface area contributed by atoms with Crippen molar-refractivity contribution in [2.24, 2.45) is 0 Å². The van der Waals surface area contributed by atoms with Crippen LogP contribution in [0.25, 0.3) is 0 Å². The highest BCUT2D eigenvalue weighted by Crippen LogP contribution is 2.22. The van der Waals surface area contributed by atoms with Crippen LogP contribution in [-0.2, 0) is 6.54 Å². The maximum absolute atomic E-state index is 12.2. The molecular weight excluding hydrogens is 361 g/mol. The summed E-state index contributed by atoms with van der Waals surface area (Å²) >= 11 is 11.8. The number of hydrogen-bond donors (Lipinski definition) is 2. The number of carbonyl (C=O) groups is 1. The number of hydrogen-bond acceptors (Lipinski definition) is 5. The molecule has 0 atom stereocenters. The van der Waals surface area contributed by atoms with Gasteiger partial charge in [0.05, 0.1) is 0 Å². The average molecular weight is 374 g/mol. The molecule has 3 rings (SSSR count). The number of amides is 1. The van der Waals surface area contributed by atoms with Gasteiger partial charge >= 0.3 is 0 Å². The minimum atomic E-state index is -0.397. The summed E-state index contributed by atoms with van der Waals surface area (Å²) in [7, 11) is 0. The number of rotatable bonds is 5. The summed E-state index contributed by atoms with van der Waals surface area (Å²) in [6.07, 6.45) is 3.44. The van der Waals surface area contributed by atoms with Crippen LogP contribution in [0.15, 0.2) is 54.9 Å². The maximum Gasteiger partial charge on any atom is 0.276 e. The molecule has 0 spiro atoms. The van der Waals surface area contributed by atoms with Crippen LogP contribution in [0.4, 0.5) is 11.5 Å². The molecule has 0 saturated carbocycles. The summed E-state index contributed by atoms with van der Waals surface area (Å²) in [5.74, 6) is 0.172. The Morgan fingerprint density at radius 3 is 2.32 bits per heavy atom. The van der Waals surface area contributed by atoms with Gasteiger partial charge in [-0.3, -0.25) is 9.78 Å². The summed E-state index contributed by atoms with van der Waals surface area (Å²) in [4.78, 5) is 16.2. The van der Waals surface area contributed by atoms with Crippen molar-refractivity contribution in [3.63, 3.8) is 0 Å². The molecular formula is C17H13Cl2N5O. The van der Waals surface area contributed by atoms with E-state index in [2.05, 4.69) is 25.8 Å². The number of benzene rings is 1. The number of anilines is 2. The van der Waals surface area contributed by atoms with E-state index in [4.69, 9.17) is 23.2 Å². The molecule has 126 valence electrons. The Labute approximate surface area is 154 Å². The van der Waals surface area contributed by atoms with Crippen LogP contribution >= 0.6 is 23.2 Å². The predicted molar refractivity (Wildman–Crippen MR) is 98.0 cm³/mol. The van der Waals surface area contributed by atoms with E-state index in [9.17, 15) is 4.79 Å². The SMILES string of the molecule is O=C(Nc1cc(Cl)cc(Cl)c1)c1ccc(NCc2ccncc2)nn1. The highest BCUT2D eigenvalue weighted by Gasteiger charge is 2.10. The van der Waals surface area contributed by atoms with Gasteiger partial charge in [0, 0.05) is 34.7 Å². The monoisotopic (exact) mass is 373 g/mol. The van der Waals surface area contributed by atoms with Crippen LogP contribution < -0.4 is 10.6 Å². The summed E-state index contributed by atoms with van der Waals surface area (Å²) in [6.45, 7) is 0.587. The first-order valence-electron chi connectivity index (χ1n) is 7.34. The number of nitrogens with zero attached hydrogens (tertiary/aromatic N) is 3. The molecule has 2 heterocycles. The van der Waals surface area contributed by atoms with Gasteiger partial charge in [-0.15, -0.1) is 10.2 Å². The van der Waals surface area contributed by atoms with Crippen LogP contribution in [0.3, 0.4) is 0 Å². The Balaban J connectivity index is 1.62. The molecule has 8 heteroatoms. The van der Waals surface area contributed by atoms with Crippen molar-refractivity contribution in [1.82, 2.24) is 15.2 Å². The quantitative estimate of drug-likeness (QED) is 0.705. The van der Waals surface area contributed by atoms with Crippen molar-refractivity contribution in [3.8, 4) is 0 Å². The zero-order chi connectivity index (χ0) is 17.6. The Morgan fingerprint density at radius 1 is 0.960 bits per heavy atom. The molecule has 1 amide bonds. The smallest absolute Gasteiger partial charge is 0.276 e. The first kappa shape index (κ1) is 17.1. The molecule has 0 bridgehead atoms. The van der Waals surface area contributed by atoms with Gasteiger partial charge in [-0.1, -0.05) is 23.2 Å². The number of nitrogens with one attached hydrogen (secondary N) is 2. The third kappa shape index (κ3) is 4.89. The van der Waals surface area contributed by atoms with Crippen molar-refractivity contribution < 1.29 is 4.79 Å². The molecule has 0 radical (unpaired) electrons. The van der Waals surface area contributed by atoms with Crippen molar-refractivity contribution >= 4 is 40.6 Å². The van der Waals surface area contributed by atoms with Gasteiger partial charge in [0.1, 0.15) is 5.82 Å². The van der Waals surface area contributed by atoms with Gasteiger partial charge in [0.25, 0.3) is 5.91 Å². The molecule has 3 aromatic rings. The predicted octanol–water partition coefficient (Wildman–Crippen LogP) is 4.04. The summed E-state index contributed by atoms with van der Waals surface area (Å²) in [5.41, 5.74) is 1.74. The first-order chi connectivity index (χ1) is 12.1. The van der Waals surface area contributed by atoms with Gasteiger partial charge in [0.2, 0.25) is 0 Å². The molecule has 6 nitrogen and oxygen atoms in total. The lowest BCUT2D eigenvalue weighted by molar-refractivity contribution is 0.102. The Morgan fingerprint density at radius 2 is 1.68 bits per heavy atom. The van der Waals surface area contributed by atoms with E-state index in [0.29, 0.717) is 28.1 Å². The Hall–Kier alpha value is -2.70. The summed E-state index contributed by atoms with van der Waals surface area (Å²) < 4.78 is 0. The maximum atomic E-state index is 12.2. The number of halogens is 2. The fourth-order valence-corrected chi connectivity index (χ4v) is 2.59. The van der Waals surface area contributed by atoms with Gasteiger partial charge in [0.15, 0.2) is 5.69 Å². The van der Waals surface area contributed by atoms with E-state index in [1.54, 1.807) is 42.7 Å². The molecule has 2 aromatic heterocycles. The first-order valence-corrected chi connectivity index (χ1v) is 8.10. The van der Waals surface area contributed by atoms with Crippen LogP contribution in [0, 0.1) is 0 Å². The lowest BCUT2D eigenvalue weighted by Gasteiger charge is -2.07. The Kier molecular flexibility index (Phi) is 5.42. The van der Waals surface area contributed by atoms with Crippen molar-refractivity contribution in [1.29, 1.82) is 0 Å². The van der Waals surface area contributed by atoms with E-state index >= 15 is 0 Å². The molecule has 0 fully saturated rings. The summed E-state index contributed by atoms with van der Waals surface area (Å²) in [6, 6.07) is 11.9. The van der Waals surface area contributed by atoms with Crippen molar-refractivity contribution in [2.75, 3.05) is 10.6 Å². The third-order valence-electron chi connectivity index (χ3n) is 3.24. The largest absolute Gasteiger partial charge is 0.365 e. The second-order valence-electron chi connectivity index (χ2n) is 5.13. The minimum Gasteiger partial charge on any atom is -0.365 e. The normalized spacial score (nSPS) is 10.3. The fraction of sp³-hybridized carbons (Fsp3) is 0.0588. The molecule has 0 saturated heterocycles. The number of carbonyl (C=O) groups excluding carboxylic acids is 1. The van der Waals surface area contributed by atoms with E-state index in [1.165, 1.54) is 0 Å². The van der Waals surface area contributed by atoms with E-state index in [-0.39, 0.29) is 5.69 Å². The Bertz CT molecular complexity index is 852. The van der Waals surface area contributed by atoms with Gasteiger partial charge in [-0.05, 0) is 48.0 Å². The van der Waals surface area contributed by atoms with Crippen LogP contribution in [0.5, 0.6) is 0 Å². The van der Waals surface area contributed by atoms with Gasteiger partial charge < -0.3 is 10.6 Å².